The lowest BCUT2D eigenvalue weighted by Crippen LogP contribution is -2.37. The number of hydrogen-bond donors (Lipinski definition) is 1. The van der Waals surface area contributed by atoms with E-state index in [0.29, 0.717) is 0 Å². The molecular weight excluding hydrogens is 138 g/mol. The Morgan fingerprint density at radius 1 is 1.27 bits per heavy atom. The molecule has 0 radical (unpaired) electrons. The summed E-state index contributed by atoms with van der Waals surface area (Å²) in [6.07, 6.45) is 3.81. The first kappa shape index (κ1) is 8.37. The summed E-state index contributed by atoms with van der Waals surface area (Å²) < 4.78 is 0. The molecule has 0 aromatic heterocycles. The van der Waals surface area contributed by atoms with E-state index >= 15 is 0 Å². The van der Waals surface area contributed by atoms with Gasteiger partial charge < -0.3 is 10.2 Å². The molecular formula is C8H17N3. The van der Waals surface area contributed by atoms with E-state index in [1.807, 2.05) is 19.0 Å². The Kier molecular flexibility index (Phi) is 3.20. The monoisotopic (exact) mass is 155 g/mol. The van der Waals surface area contributed by atoms with E-state index in [2.05, 4.69) is 10.3 Å². The Hall–Kier alpha value is -0.730. The van der Waals surface area contributed by atoms with E-state index in [0.717, 1.165) is 19.0 Å². The van der Waals surface area contributed by atoms with Crippen molar-refractivity contribution in [3.05, 3.63) is 0 Å². The summed E-state index contributed by atoms with van der Waals surface area (Å²) in [7, 11) is 4.04. The van der Waals surface area contributed by atoms with Crippen molar-refractivity contribution in [3.8, 4) is 0 Å². The highest BCUT2D eigenvalue weighted by Crippen LogP contribution is 1.98. The fraction of sp³-hybridized carbons (Fsp3) is 0.875. The summed E-state index contributed by atoms with van der Waals surface area (Å²) in [5, 5.41) is 3.30. The van der Waals surface area contributed by atoms with Gasteiger partial charge >= 0.3 is 0 Å². The highest BCUT2D eigenvalue weighted by molar-refractivity contribution is 5.79. The fourth-order valence-electron chi connectivity index (χ4n) is 1.15. The van der Waals surface area contributed by atoms with Crippen LogP contribution in [0.4, 0.5) is 0 Å². The molecule has 0 aromatic rings. The molecule has 0 fully saturated rings. The van der Waals surface area contributed by atoms with Gasteiger partial charge in [0.15, 0.2) is 5.96 Å². The highest BCUT2D eigenvalue weighted by atomic mass is 15.3. The Morgan fingerprint density at radius 3 is 2.82 bits per heavy atom. The second-order valence-electron chi connectivity index (χ2n) is 3.09. The van der Waals surface area contributed by atoms with Crippen LogP contribution in [0, 0.1) is 0 Å². The van der Waals surface area contributed by atoms with E-state index in [1.54, 1.807) is 0 Å². The van der Waals surface area contributed by atoms with Crippen molar-refractivity contribution >= 4 is 5.96 Å². The molecule has 1 heterocycles. The topological polar surface area (TPSA) is 27.6 Å². The second kappa shape index (κ2) is 4.21. The molecule has 1 aliphatic heterocycles. The fourth-order valence-corrected chi connectivity index (χ4v) is 1.15. The van der Waals surface area contributed by atoms with Crippen molar-refractivity contribution in [2.75, 3.05) is 27.2 Å². The largest absolute Gasteiger partial charge is 0.356 e. The Balaban J connectivity index is 2.45. The summed E-state index contributed by atoms with van der Waals surface area (Å²) >= 11 is 0. The van der Waals surface area contributed by atoms with Crippen molar-refractivity contribution in [3.63, 3.8) is 0 Å². The van der Waals surface area contributed by atoms with E-state index < -0.39 is 0 Å². The molecule has 3 nitrogen and oxygen atoms in total. The van der Waals surface area contributed by atoms with Gasteiger partial charge in [0.05, 0.1) is 0 Å². The molecule has 0 unspecified atom stereocenters. The SMILES string of the molecule is CN(C)C1=NCCCCCN1. The van der Waals surface area contributed by atoms with Crippen molar-refractivity contribution in [2.24, 2.45) is 4.99 Å². The summed E-state index contributed by atoms with van der Waals surface area (Å²) in [6.45, 7) is 2.04. The molecule has 11 heavy (non-hydrogen) atoms. The van der Waals surface area contributed by atoms with Crippen LogP contribution >= 0.6 is 0 Å². The van der Waals surface area contributed by atoms with E-state index in [4.69, 9.17) is 0 Å². The van der Waals surface area contributed by atoms with E-state index in [1.165, 1.54) is 19.3 Å². The van der Waals surface area contributed by atoms with Crippen molar-refractivity contribution in [2.45, 2.75) is 19.3 Å². The molecule has 0 saturated heterocycles. The Morgan fingerprint density at radius 2 is 2.09 bits per heavy atom. The summed E-state index contributed by atoms with van der Waals surface area (Å²) in [6, 6.07) is 0. The molecule has 0 aliphatic carbocycles. The Bertz CT molecular complexity index is 140. The highest BCUT2D eigenvalue weighted by Gasteiger charge is 2.02. The number of aliphatic imine (C=N–C) groups is 1. The zero-order valence-electron chi connectivity index (χ0n) is 7.43. The van der Waals surface area contributed by atoms with Crippen LogP contribution in [0.1, 0.15) is 19.3 Å². The lowest BCUT2D eigenvalue weighted by Gasteiger charge is -2.19. The van der Waals surface area contributed by atoms with Crippen LogP contribution in [-0.2, 0) is 0 Å². The molecule has 1 rings (SSSR count). The number of hydrogen-bond acceptors (Lipinski definition) is 3. The minimum absolute atomic E-state index is 0.973. The molecule has 0 atom stereocenters. The first-order valence-electron chi connectivity index (χ1n) is 4.26. The third kappa shape index (κ3) is 2.78. The maximum absolute atomic E-state index is 4.41. The summed E-state index contributed by atoms with van der Waals surface area (Å²) in [5.41, 5.74) is 0. The van der Waals surface area contributed by atoms with Gasteiger partial charge in [0.25, 0.3) is 0 Å². The first-order valence-corrected chi connectivity index (χ1v) is 4.26. The van der Waals surface area contributed by atoms with Gasteiger partial charge in [0.1, 0.15) is 0 Å². The van der Waals surface area contributed by atoms with Crippen molar-refractivity contribution in [1.82, 2.24) is 10.2 Å². The van der Waals surface area contributed by atoms with Crippen LogP contribution in [0.15, 0.2) is 4.99 Å². The molecule has 64 valence electrons. The van der Waals surface area contributed by atoms with Gasteiger partial charge in [-0.15, -0.1) is 0 Å². The standard InChI is InChI=1S/C8H17N3/c1-11(2)8-9-6-4-3-5-7-10-8/h3-7H2,1-2H3,(H,9,10). The molecule has 1 N–H and O–H groups in total. The molecule has 0 bridgehead atoms. The normalized spacial score (nSPS) is 19.3. The Labute approximate surface area is 68.5 Å². The van der Waals surface area contributed by atoms with Crippen LogP contribution in [0.25, 0.3) is 0 Å². The zero-order valence-corrected chi connectivity index (χ0v) is 7.43. The number of nitrogens with one attached hydrogen (secondary N) is 1. The predicted octanol–water partition coefficient (Wildman–Crippen LogP) is 0.677. The maximum atomic E-state index is 4.41. The number of rotatable bonds is 0. The second-order valence-corrected chi connectivity index (χ2v) is 3.09. The average molecular weight is 155 g/mol. The van der Waals surface area contributed by atoms with Gasteiger partial charge in [-0.3, -0.25) is 4.99 Å². The first-order chi connectivity index (χ1) is 5.30. The lowest BCUT2D eigenvalue weighted by atomic mass is 10.2. The van der Waals surface area contributed by atoms with Gasteiger partial charge in [-0.1, -0.05) is 0 Å². The quantitative estimate of drug-likeness (QED) is 0.557. The third-order valence-corrected chi connectivity index (χ3v) is 1.80. The van der Waals surface area contributed by atoms with Crippen LogP contribution in [0.2, 0.25) is 0 Å². The number of nitrogens with zero attached hydrogens (tertiary/aromatic N) is 2. The third-order valence-electron chi connectivity index (χ3n) is 1.80. The lowest BCUT2D eigenvalue weighted by molar-refractivity contribution is 0.552. The molecule has 0 aromatic carbocycles. The van der Waals surface area contributed by atoms with Crippen molar-refractivity contribution in [1.29, 1.82) is 0 Å². The van der Waals surface area contributed by atoms with Crippen molar-refractivity contribution < 1.29 is 0 Å². The zero-order chi connectivity index (χ0) is 8.10. The van der Waals surface area contributed by atoms with Gasteiger partial charge in [0.2, 0.25) is 0 Å². The van der Waals surface area contributed by atoms with Gasteiger partial charge in [-0.05, 0) is 19.3 Å². The van der Waals surface area contributed by atoms with Gasteiger partial charge in [-0.25, -0.2) is 0 Å². The smallest absolute Gasteiger partial charge is 0.193 e. The van der Waals surface area contributed by atoms with Crippen LogP contribution < -0.4 is 5.32 Å². The summed E-state index contributed by atoms with van der Waals surface area (Å²) in [5.74, 6) is 1.03. The minimum Gasteiger partial charge on any atom is -0.356 e. The minimum atomic E-state index is 0.973. The molecule has 0 spiro atoms. The molecule has 1 aliphatic rings. The van der Waals surface area contributed by atoms with E-state index in [9.17, 15) is 0 Å². The summed E-state index contributed by atoms with van der Waals surface area (Å²) in [4.78, 5) is 6.45. The van der Waals surface area contributed by atoms with E-state index in [-0.39, 0.29) is 0 Å². The van der Waals surface area contributed by atoms with Gasteiger partial charge in [-0.2, -0.15) is 0 Å². The molecule has 0 saturated carbocycles. The van der Waals surface area contributed by atoms with Crippen LogP contribution in [0.5, 0.6) is 0 Å². The predicted molar refractivity (Wildman–Crippen MR) is 47.8 cm³/mol. The number of guanidine groups is 1. The van der Waals surface area contributed by atoms with Crippen LogP contribution in [-0.4, -0.2) is 38.0 Å². The average Bonchev–Trinajstić information content (AvgIpc) is 1.84. The maximum Gasteiger partial charge on any atom is 0.193 e. The molecule has 0 amide bonds. The van der Waals surface area contributed by atoms with Crippen LogP contribution in [0.3, 0.4) is 0 Å². The van der Waals surface area contributed by atoms with Gasteiger partial charge in [0, 0.05) is 27.2 Å². The molecule has 3 heteroatoms.